The Bertz CT molecular complexity index is 281. The van der Waals surface area contributed by atoms with Crippen LogP contribution in [0.1, 0.15) is 39.3 Å². The van der Waals surface area contributed by atoms with Crippen molar-refractivity contribution in [1.29, 1.82) is 0 Å². The van der Waals surface area contributed by atoms with Crippen molar-refractivity contribution < 1.29 is 4.39 Å². The molecule has 1 heterocycles. The number of hydrogen-bond donors (Lipinski definition) is 0. The second-order valence-electron chi connectivity index (χ2n) is 3.97. The zero-order valence-corrected chi connectivity index (χ0v) is 8.47. The molecule has 1 nitrogen and oxygen atoms in total. The first kappa shape index (κ1) is 10.2. The molecule has 0 spiro atoms. The highest BCUT2D eigenvalue weighted by atomic mass is 19.1. The molecule has 1 aromatic rings. The lowest BCUT2D eigenvalue weighted by Gasteiger charge is -2.23. The number of hydrogen-bond acceptors (Lipinski definition) is 1. The molecule has 1 aromatic heterocycles. The summed E-state index contributed by atoms with van der Waals surface area (Å²) in [6, 6.07) is 3.10. The van der Waals surface area contributed by atoms with Gasteiger partial charge in [-0.2, -0.15) is 0 Å². The second kappa shape index (κ2) is 3.86. The van der Waals surface area contributed by atoms with Gasteiger partial charge in [-0.25, -0.2) is 4.39 Å². The molecule has 0 saturated carbocycles. The summed E-state index contributed by atoms with van der Waals surface area (Å²) in [6.07, 6.45) is 3.65. The van der Waals surface area contributed by atoms with Crippen LogP contribution in [0.15, 0.2) is 18.3 Å². The molecular formula is C11H16FN. The van der Waals surface area contributed by atoms with Gasteiger partial charge < -0.3 is 0 Å². The lowest BCUT2D eigenvalue weighted by Crippen LogP contribution is -2.20. The van der Waals surface area contributed by atoms with E-state index in [1.54, 1.807) is 12.3 Å². The monoisotopic (exact) mass is 181 g/mol. The molecule has 0 saturated heterocycles. The van der Waals surface area contributed by atoms with E-state index in [9.17, 15) is 4.39 Å². The maximum Gasteiger partial charge on any atom is 0.145 e. The largest absolute Gasteiger partial charge is 0.258 e. The summed E-state index contributed by atoms with van der Waals surface area (Å²) in [7, 11) is 0. The Kier molecular flexibility index (Phi) is 3.02. The van der Waals surface area contributed by atoms with Gasteiger partial charge in [0.25, 0.3) is 0 Å². The Morgan fingerprint density at radius 2 is 2.15 bits per heavy atom. The summed E-state index contributed by atoms with van der Waals surface area (Å²) in [4.78, 5) is 4.09. The number of halogens is 1. The average Bonchev–Trinajstić information content (AvgIpc) is 2.04. The van der Waals surface area contributed by atoms with Gasteiger partial charge >= 0.3 is 0 Å². The van der Waals surface area contributed by atoms with Crippen LogP contribution in [0.25, 0.3) is 0 Å². The first-order valence-corrected chi connectivity index (χ1v) is 4.69. The molecule has 1 rings (SSSR count). The van der Waals surface area contributed by atoms with Crippen LogP contribution in [0.5, 0.6) is 0 Å². The zero-order valence-electron chi connectivity index (χ0n) is 8.47. The van der Waals surface area contributed by atoms with E-state index in [1.165, 1.54) is 6.07 Å². The molecule has 0 aromatic carbocycles. The van der Waals surface area contributed by atoms with Crippen LogP contribution >= 0.6 is 0 Å². The molecule has 72 valence electrons. The topological polar surface area (TPSA) is 12.9 Å². The van der Waals surface area contributed by atoms with Crippen LogP contribution in [0, 0.1) is 5.82 Å². The molecule has 0 bridgehead atoms. The Hall–Kier alpha value is -0.920. The molecule has 13 heavy (non-hydrogen) atoms. The lowest BCUT2D eigenvalue weighted by atomic mass is 9.84. The minimum absolute atomic E-state index is 0.153. The van der Waals surface area contributed by atoms with E-state index in [0.717, 1.165) is 12.8 Å². The van der Waals surface area contributed by atoms with Crippen LogP contribution in [0.2, 0.25) is 0 Å². The van der Waals surface area contributed by atoms with Crippen LogP contribution in [-0.4, -0.2) is 4.98 Å². The third-order valence-electron chi connectivity index (χ3n) is 2.27. The quantitative estimate of drug-likeness (QED) is 0.697. The van der Waals surface area contributed by atoms with E-state index in [4.69, 9.17) is 0 Å². The summed E-state index contributed by atoms with van der Waals surface area (Å²) in [5.41, 5.74) is 0.428. The van der Waals surface area contributed by atoms with Crippen LogP contribution in [0.3, 0.4) is 0 Å². The fourth-order valence-electron chi connectivity index (χ4n) is 1.63. The van der Waals surface area contributed by atoms with E-state index >= 15 is 0 Å². The fourth-order valence-corrected chi connectivity index (χ4v) is 1.63. The Balaban J connectivity index is 2.99. The van der Waals surface area contributed by atoms with E-state index in [2.05, 4.69) is 11.9 Å². The van der Waals surface area contributed by atoms with Crippen molar-refractivity contribution in [1.82, 2.24) is 4.98 Å². The highest BCUT2D eigenvalue weighted by Crippen LogP contribution is 2.28. The van der Waals surface area contributed by atoms with Gasteiger partial charge in [-0.05, 0) is 18.6 Å². The molecule has 0 aliphatic carbocycles. The SMILES string of the molecule is CCCC(C)(C)c1ncccc1F. The van der Waals surface area contributed by atoms with Crippen LogP contribution < -0.4 is 0 Å². The molecule has 0 N–H and O–H groups in total. The van der Waals surface area contributed by atoms with Crippen molar-refractivity contribution >= 4 is 0 Å². The molecule has 0 radical (unpaired) electrons. The van der Waals surface area contributed by atoms with Gasteiger partial charge in [0.2, 0.25) is 0 Å². The Morgan fingerprint density at radius 1 is 1.46 bits per heavy atom. The third-order valence-corrected chi connectivity index (χ3v) is 2.27. The number of aromatic nitrogens is 1. The summed E-state index contributed by atoms with van der Waals surface area (Å²) >= 11 is 0. The van der Waals surface area contributed by atoms with E-state index < -0.39 is 0 Å². The number of rotatable bonds is 3. The predicted octanol–water partition coefficient (Wildman–Crippen LogP) is 3.30. The molecule has 0 aliphatic rings. The van der Waals surface area contributed by atoms with Crippen LogP contribution in [-0.2, 0) is 5.41 Å². The normalized spacial score (nSPS) is 11.7. The van der Waals surface area contributed by atoms with Gasteiger partial charge in [0.1, 0.15) is 5.82 Å². The van der Waals surface area contributed by atoms with Crippen molar-refractivity contribution in [3.05, 3.63) is 29.8 Å². The van der Waals surface area contributed by atoms with Gasteiger partial charge in [-0.3, -0.25) is 4.98 Å². The van der Waals surface area contributed by atoms with Gasteiger partial charge in [0.05, 0.1) is 5.69 Å². The van der Waals surface area contributed by atoms with Gasteiger partial charge in [-0.1, -0.05) is 27.2 Å². The molecule has 0 amide bonds. The Morgan fingerprint density at radius 3 is 2.69 bits per heavy atom. The number of pyridine rings is 1. The molecular weight excluding hydrogens is 165 g/mol. The summed E-state index contributed by atoms with van der Waals surface area (Å²) in [6.45, 7) is 6.16. The molecule has 0 atom stereocenters. The van der Waals surface area contributed by atoms with E-state index in [-0.39, 0.29) is 11.2 Å². The fraction of sp³-hybridized carbons (Fsp3) is 0.545. The van der Waals surface area contributed by atoms with Crippen molar-refractivity contribution in [2.24, 2.45) is 0 Å². The smallest absolute Gasteiger partial charge is 0.145 e. The molecule has 0 aliphatic heterocycles. The molecule has 0 unspecified atom stereocenters. The second-order valence-corrected chi connectivity index (χ2v) is 3.97. The molecule has 0 fully saturated rings. The van der Waals surface area contributed by atoms with E-state index in [0.29, 0.717) is 5.69 Å². The first-order chi connectivity index (χ1) is 6.08. The zero-order chi connectivity index (χ0) is 9.90. The van der Waals surface area contributed by atoms with Crippen LogP contribution in [0.4, 0.5) is 4.39 Å². The number of nitrogens with zero attached hydrogens (tertiary/aromatic N) is 1. The first-order valence-electron chi connectivity index (χ1n) is 4.69. The minimum atomic E-state index is -0.194. The standard InChI is InChI=1S/C11H16FN/c1-4-7-11(2,3)10-9(12)6-5-8-13-10/h5-6,8H,4,7H2,1-3H3. The van der Waals surface area contributed by atoms with Crippen molar-refractivity contribution in [2.45, 2.75) is 39.0 Å². The summed E-state index contributed by atoms with van der Waals surface area (Å²) in [5, 5.41) is 0. The Labute approximate surface area is 79.0 Å². The average molecular weight is 181 g/mol. The maximum absolute atomic E-state index is 13.3. The minimum Gasteiger partial charge on any atom is -0.258 e. The summed E-state index contributed by atoms with van der Waals surface area (Å²) < 4.78 is 13.3. The van der Waals surface area contributed by atoms with Gasteiger partial charge in [0, 0.05) is 11.6 Å². The van der Waals surface area contributed by atoms with Crippen molar-refractivity contribution in [2.75, 3.05) is 0 Å². The molecule has 2 heteroatoms. The van der Waals surface area contributed by atoms with E-state index in [1.807, 2.05) is 13.8 Å². The van der Waals surface area contributed by atoms with Gasteiger partial charge in [-0.15, -0.1) is 0 Å². The van der Waals surface area contributed by atoms with Gasteiger partial charge in [0.15, 0.2) is 0 Å². The van der Waals surface area contributed by atoms with Crippen molar-refractivity contribution in [3.8, 4) is 0 Å². The highest BCUT2D eigenvalue weighted by Gasteiger charge is 2.24. The predicted molar refractivity (Wildman–Crippen MR) is 52.1 cm³/mol. The summed E-state index contributed by atoms with van der Waals surface area (Å²) in [5.74, 6) is -0.194. The third kappa shape index (κ3) is 2.27. The maximum atomic E-state index is 13.3. The highest BCUT2D eigenvalue weighted by molar-refractivity contribution is 5.16. The lowest BCUT2D eigenvalue weighted by molar-refractivity contribution is 0.429. The van der Waals surface area contributed by atoms with Crippen molar-refractivity contribution in [3.63, 3.8) is 0 Å².